The first-order valence-electron chi connectivity index (χ1n) is 5.45. The average molecular weight is 196 g/mol. The summed E-state index contributed by atoms with van der Waals surface area (Å²) in [5.41, 5.74) is 0. The molecule has 0 aromatic carbocycles. The molecule has 3 rings (SSSR count). The Kier molecular flexibility index (Phi) is 1.63. The van der Waals surface area contributed by atoms with Gasteiger partial charge >= 0.3 is 0 Å². The molecule has 0 unspecified atom stereocenters. The van der Waals surface area contributed by atoms with E-state index in [9.17, 15) is 4.79 Å². The van der Waals surface area contributed by atoms with Crippen LogP contribution in [0.5, 0.6) is 0 Å². The number of rotatable bonds is 0. The lowest BCUT2D eigenvalue weighted by molar-refractivity contribution is -0.160. The molecule has 3 aliphatic rings. The van der Waals surface area contributed by atoms with E-state index in [-0.39, 0.29) is 18.1 Å². The lowest BCUT2D eigenvalue weighted by Crippen LogP contribution is -2.29. The highest BCUT2D eigenvalue weighted by atomic mass is 16.8. The summed E-state index contributed by atoms with van der Waals surface area (Å²) >= 11 is 0. The van der Waals surface area contributed by atoms with Gasteiger partial charge in [-0.2, -0.15) is 0 Å². The maximum Gasteiger partial charge on any atom is 0.163 e. The number of ketones is 1. The third-order valence-corrected chi connectivity index (χ3v) is 3.75. The zero-order chi connectivity index (χ0) is 9.92. The number of hydrogen-bond donors (Lipinski definition) is 0. The molecule has 3 heteroatoms. The summed E-state index contributed by atoms with van der Waals surface area (Å²) in [4.78, 5) is 11.7. The van der Waals surface area contributed by atoms with E-state index in [1.165, 1.54) is 0 Å². The minimum atomic E-state index is -0.483. The van der Waals surface area contributed by atoms with Gasteiger partial charge in [-0.25, -0.2) is 0 Å². The lowest BCUT2D eigenvalue weighted by atomic mass is 9.98. The second kappa shape index (κ2) is 2.58. The highest BCUT2D eigenvalue weighted by Crippen LogP contribution is 2.49. The molecular formula is C11H16O3. The van der Waals surface area contributed by atoms with Crippen LogP contribution in [0.25, 0.3) is 0 Å². The number of ether oxygens (including phenoxy) is 2. The number of carbonyl (C=O) groups is 1. The van der Waals surface area contributed by atoms with E-state index in [2.05, 4.69) is 0 Å². The van der Waals surface area contributed by atoms with Gasteiger partial charge in [-0.1, -0.05) is 0 Å². The Morgan fingerprint density at radius 1 is 1.36 bits per heavy atom. The summed E-state index contributed by atoms with van der Waals surface area (Å²) in [5.74, 6) is 0.586. The fourth-order valence-corrected chi connectivity index (χ4v) is 3.30. The summed E-state index contributed by atoms with van der Waals surface area (Å²) in [6.45, 7) is 3.86. The number of Topliss-reactive ketones (excluding diaryl/α,β-unsaturated/α-hetero) is 1. The Balaban J connectivity index is 1.86. The normalized spacial score (nSPS) is 49.4. The van der Waals surface area contributed by atoms with Crippen LogP contribution in [0.15, 0.2) is 0 Å². The summed E-state index contributed by atoms with van der Waals surface area (Å²) in [6.07, 6.45) is 3.03. The van der Waals surface area contributed by atoms with Crippen molar-refractivity contribution in [1.82, 2.24) is 0 Å². The van der Waals surface area contributed by atoms with Gasteiger partial charge in [0.25, 0.3) is 0 Å². The Bertz CT molecular complexity index is 284. The van der Waals surface area contributed by atoms with Crippen molar-refractivity contribution in [1.29, 1.82) is 0 Å². The third kappa shape index (κ3) is 1.09. The molecule has 0 aromatic rings. The van der Waals surface area contributed by atoms with Crippen LogP contribution in [-0.2, 0) is 14.3 Å². The van der Waals surface area contributed by atoms with Crippen molar-refractivity contribution in [3.8, 4) is 0 Å². The molecule has 3 nitrogen and oxygen atoms in total. The maximum absolute atomic E-state index is 11.7. The van der Waals surface area contributed by atoms with E-state index >= 15 is 0 Å². The smallest absolute Gasteiger partial charge is 0.163 e. The fraction of sp³-hybridized carbons (Fsp3) is 0.909. The van der Waals surface area contributed by atoms with Crippen LogP contribution in [0, 0.1) is 11.8 Å². The number of hydrogen-bond acceptors (Lipinski definition) is 3. The Morgan fingerprint density at radius 2 is 2.14 bits per heavy atom. The predicted octanol–water partition coefficient (Wildman–Crippen LogP) is 1.51. The zero-order valence-electron chi connectivity index (χ0n) is 8.66. The van der Waals surface area contributed by atoms with Crippen molar-refractivity contribution in [2.45, 2.75) is 51.1 Å². The quantitative estimate of drug-likeness (QED) is 0.589. The second-order valence-electron chi connectivity index (χ2n) is 5.17. The van der Waals surface area contributed by atoms with Crippen LogP contribution in [0.2, 0.25) is 0 Å². The predicted molar refractivity (Wildman–Crippen MR) is 49.7 cm³/mol. The molecule has 4 atom stereocenters. The molecule has 0 spiro atoms. The lowest BCUT2D eigenvalue weighted by Gasteiger charge is -2.21. The Hall–Kier alpha value is -0.410. The van der Waals surface area contributed by atoms with Crippen molar-refractivity contribution in [2.24, 2.45) is 11.8 Å². The first kappa shape index (κ1) is 8.86. The molecule has 2 aliphatic carbocycles. The van der Waals surface area contributed by atoms with E-state index in [0.29, 0.717) is 11.7 Å². The first-order valence-corrected chi connectivity index (χ1v) is 5.45. The molecule has 1 saturated heterocycles. The fourth-order valence-electron chi connectivity index (χ4n) is 3.30. The van der Waals surface area contributed by atoms with Gasteiger partial charge in [0, 0.05) is 12.3 Å². The molecule has 14 heavy (non-hydrogen) atoms. The van der Waals surface area contributed by atoms with Gasteiger partial charge in [0.2, 0.25) is 0 Å². The van der Waals surface area contributed by atoms with E-state index in [4.69, 9.17) is 9.47 Å². The number of fused-ring (bicyclic) bond motifs is 3. The molecule has 1 aliphatic heterocycles. The zero-order valence-corrected chi connectivity index (χ0v) is 8.66. The second-order valence-corrected chi connectivity index (χ2v) is 5.17. The Labute approximate surface area is 83.8 Å². The van der Waals surface area contributed by atoms with Crippen molar-refractivity contribution < 1.29 is 14.3 Å². The largest absolute Gasteiger partial charge is 0.345 e. The van der Waals surface area contributed by atoms with Gasteiger partial charge in [-0.15, -0.1) is 0 Å². The average Bonchev–Trinajstić information content (AvgIpc) is 2.61. The molecule has 0 bridgehead atoms. The number of carbonyl (C=O) groups excluding carboxylic acids is 1. The minimum absolute atomic E-state index is 0.0463. The van der Waals surface area contributed by atoms with Crippen LogP contribution < -0.4 is 0 Å². The van der Waals surface area contributed by atoms with Crippen LogP contribution in [0.4, 0.5) is 0 Å². The molecule has 2 saturated carbocycles. The summed E-state index contributed by atoms with van der Waals surface area (Å²) < 4.78 is 11.6. The first-order chi connectivity index (χ1) is 6.57. The standard InChI is InChI=1S/C11H16O3/c1-11(2)13-8-5-6-3-4-7(12)9(6)10(8)14-11/h6,8-10H,3-5H2,1-2H3/t6-,8+,9+,10+/m1/s1. The van der Waals surface area contributed by atoms with Crippen LogP contribution >= 0.6 is 0 Å². The van der Waals surface area contributed by atoms with Gasteiger partial charge in [0.1, 0.15) is 5.78 Å². The van der Waals surface area contributed by atoms with E-state index in [0.717, 1.165) is 19.3 Å². The van der Waals surface area contributed by atoms with Crippen molar-refractivity contribution in [2.75, 3.05) is 0 Å². The monoisotopic (exact) mass is 196 g/mol. The minimum Gasteiger partial charge on any atom is -0.345 e. The summed E-state index contributed by atoms with van der Waals surface area (Å²) in [6, 6.07) is 0. The molecular weight excluding hydrogens is 180 g/mol. The molecule has 0 radical (unpaired) electrons. The van der Waals surface area contributed by atoms with Crippen LogP contribution in [0.1, 0.15) is 33.1 Å². The van der Waals surface area contributed by atoms with Crippen molar-refractivity contribution in [3.05, 3.63) is 0 Å². The highest BCUT2D eigenvalue weighted by Gasteiger charge is 2.57. The molecule has 1 heterocycles. The van der Waals surface area contributed by atoms with Gasteiger partial charge in [0.15, 0.2) is 5.79 Å². The van der Waals surface area contributed by atoms with Crippen molar-refractivity contribution >= 4 is 5.78 Å². The van der Waals surface area contributed by atoms with E-state index < -0.39 is 5.79 Å². The van der Waals surface area contributed by atoms with Crippen molar-refractivity contribution in [3.63, 3.8) is 0 Å². The van der Waals surface area contributed by atoms with Gasteiger partial charge in [-0.05, 0) is 32.6 Å². The summed E-state index contributed by atoms with van der Waals surface area (Å²) in [7, 11) is 0. The van der Waals surface area contributed by atoms with Gasteiger partial charge in [-0.3, -0.25) is 4.79 Å². The highest BCUT2D eigenvalue weighted by molar-refractivity contribution is 5.84. The summed E-state index contributed by atoms with van der Waals surface area (Å²) in [5, 5.41) is 0. The molecule has 3 fully saturated rings. The molecule has 78 valence electrons. The van der Waals surface area contributed by atoms with Crippen LogP contribution in [0.3, 0.4) is 0 Å². The van der Waals surface area contributed by atoms with E-state index in [1.807, 2.05) is 13.8 Å². The molecule has 0 amide bonds. The van der Waals surface area contributed by atoms with Gasteiger partial charge < -0.3 is 9.47 Å². The topological polar surface area (TPSA) is 35.5 Å². The molecule has 0 N–H and O–H groups in total. The van der Waals surface area contributed by atoms with E-state index in [1.54, 1.807) is 0 Å². The maximum atomic E-state index is 11.7. The SMILES string of the molecule is CC1(C)O[C@@H]2[C@@H]3C(=O)CC[C@@H]3C[C@@H]2O1. The van der Waals surface area contributed by atoms with Gasteiger partial charge in [0.05, 0.1) is 12.2 Å². The molecule has 0 aromatic heterocycles. The third-order valence-electron chi connectivity index (χ3n) is 3.75. The van der Waals surface area contributed by atoms with Crippen LogP contribution in [-0.4, -0.2) is 23.8 Å². The Morgan fingerprint density at radius 3 is 2.93 bits per heavy atom.